The minimum absolute atomic E-state index is 0.0155. The Hall–Kier alpha value is -3.76. The van der Waals surface area contributed by atoms with Crippen molar-refractivity contribution in [2.75, 3.05) is 13.2 Å². The molecule has 1 heterocycles. The molecule has 9 nitrogen and oxygen atoms in total. The lowest BCUT2D eigenvalue weighted by atomic mass is 10.1. The Morgan fingerprint density at radius 3 is 2.35 bits per heavy atom. The molecular formula is C21H19N3O6S. The number of rotatable bonds is 7. The van der Waals surface area contributed by atoms with Gasteiger partial charge in [-0.25, -0.2) is 22.9 Å². The highest BCUT2D eigenvalue weighted by molar-refractivity contribution is 7.90. The fourth-order valence-electron chi connectivity index (χ4n) is 2.66. The number of aliphatic hydroxyl groups excluding tert-OH is 1. The second kappa shape index (κ2) is 9.83. The van der Waals surface area contributed by atoms with Gasteiger partial charge in [0.15, 0.2) is 0 Å². The molecule has 160 valence electrons. The fraction of sp³-hybridized carbons (Fsp3) is 0.0952. The second-order valence-electron chi connectivity index (χ2n) is 6.22. The van der Waals surface area contributed by atoms with E-state index in [0.29, 0.717) is 11.1 Å². The summed E-state index contributed by atoms with van der Waals surface area (Å²) in [4.78, 5) is 27.7. The first-order valence-corrected chi connectivity index (χ1v) is 10.6. The zero-order chi connectivity index (χ0) is 22.3. The third kappa shape index (κ3) is 5.65. The molecule has 0 saturated carbocycles. The number of pyridine rings is 1. The molecule has 0 bridgehead atoms. The van der Waals surface area contributed by atoms with Crippen molar-refractivity contribution in [1.82, 2.24) is 15.0 Å². The normalized spacial score (nSPS) is 10.9. The maximum absolute atomic E-state index is 12.9. The van der Waals surface area contributed by atoms with Gasteiger partial charge in [0.25, 0.3) is 15.9 Å². The Balaban J connectivity index is 1.76. The van der Waals surface area contributed by atoms with Crippen LogP contribution < -0.4 is 14.8 Å². The molecule has 0 aliphatic rings. The number of hydrogen-bond donors (Lipinski definition) is 3. The van der Waals surface area contributed by atoms with E-state index in [2.05, 4.69) is 10.3 Å². The first-order valence-electron chi connectivity index (χ1n) is 9.15. The summed E-state index contributed by atoms with van der Waals surface area (Å²) in [6.07, 6.45) is 0.265. The lowest BCUT2D eigenvalue weighted by molar-refractivity contribution is 0.0981. The van der Waals surface area contributed by atoms with E-state index in [9.17, 15) is 18.0 Å². The number of carbonyl (C=O) groups excluding carboxylic acids is 2. The van der Waals surface area contributed by atoms with Crippen LogP contribution in [-0.2, 0) is 10.0 Å². The molecule has 0 saturated heterocycles. The highest BCUT2D eigenvalue weighted by Crippen LogP contribution is 2.27. The molecule has 1 aromatic heterocycles. The monoisotopic (exact) mass is 441 g/mol. The van der Waals surface area contributed by atoms with Gasteiger partial charge >= 0.3 is 6.09 Å². The molecule has 0 aliphatic heterocycles. The van der Waals surface area contributed by atoms with E-state index in [1.54, 1.807) is 42.5 Å². The van der Waals surface area contributed by atoms with Crippen LogP contribution in [0.25, 0.3) is 11.1 Å². The third-order valence-electron chi connectivity index (χ3n) is 4.07. The number of nitrogens with one attached hydrogen (secondary N) is 2. The van der Waals surface area contributed by atoms with Crippen molar-refractivity contribution in [2.24, 2.45) is 0 Å². The van der Waals surface area contributed by atoms with Crippen LogP contribution in [0.15, 0.2) is 77.8 Å². The molecule has 10 heteroatoms. The molecule has 3 N–H and O–H groups in total. The van der Waals surface area contributed by atoms with Crippen LogP contribution in [0.5, 0.6) is 5.88 Å². The largest absolute Gasteiger partial charge is 0.414 e. The number of aliphatic hydroxyl groups is 1. The topological polar surface area (TPSA) is 135 Å². The maximum atomic E-state index is 12.9. The van der Waals surface area contributed by atoms with E-state index < -0.39 is 22.0 Å². The number of aromatic nitrogens is 1. The highest BCUT2D eigenvalue weighted by atomic mass is 32.2. The van der Waals surface area contributed by atoms with Gasteiger partial charge in [-0.15, -0.1) is 0 Å². The van der Waals surface area contributed by atoms with E-state index in [1.807, 2.05) is 10.8 Å². The molecule has 2 amide bonds. The van der Waals surface area contributed by atoms with Crippen molar-refractivity contribution >= 4 is 22.0 Å². The van der Waals surface area contributed by atoms with Crippen LogP contribution >= 0.6 is 0 Å². The summed E-state index contributed by atoms with van der Waals surface area (Å²) < 4.78 is 32.6. The van der Waals surface area contributed by atoms with Gasteiger partial charge in [0.1, 0.15) is 0 Å². The summed E-state index contributed by atoms with van der Waals surface area (Å²) in [7, 11) is -4.17. The van der Waals surface area contributed by atoms with Crippen molar-refractivity contribution in [3.05, 3.63) is 78.5 Å². The van der Waals surface area contributed by atoms with Gasteiger partial charge in [0.2, 0.25) is 5.88 Å². The standard InChI is InChI=1S/C21H19N3O6S/c25-13-12-22-21(27)30-19-11-10-16(14-23-19)20(26)24-31(28,29)18-9-5-4-8-17(18)15-6-2-1-3-7-15/h1-11,14,25H,12-13H2,(H,22,27)(H,24,26). The Morgan fingerprint density at radius 2 is 1.68 bits per heavy atom. The number of carbonyl (C=O) groups is 2. The van der Waals surface area contributed by atoms with Crippen LogP contribution in [0, 0.1) is 0 Å². The zero-order valence-electron chi connectivity index (χ0n) is 16.2. The Bertz CT molecular complexity index is 1170. The van der Waals surface area contributed by atoms with Crippen molar-refractivity contribution in [1.29, 1.82) is 0 Å². The molecule has 0 fully saturated rings. The predicted molar refractivity (Wildman–Crippen MR) is 112 cm³/mol. The Kier molecular flexibility index (Phi) is 6.96. The minimum Gasteiger partial charge on any atom is -0.395 e. The molecule has 3 aromatic rings. The third-order valence-corrected chi connectivity index (χ3v) is 5.45. The van der Waals surface area contributed by atoms with Crippen LogP contribution in [-0.4, -0.2) is 43.7 Å². The molecule has 0 spiro atoms. The summed E-state index contributed by atoms with van der Waals surface area (Å²) in [5.74, 6) is -0.976. The van der Waals surface area contributed by atoms with Crippen LogP contribution in [0.4, 0.5) is 4.79 Å². The average molecular weight is 441 g/mol. The van der Waals surface area contributed by atoms with Gasteiger partial charge in [-0.3, -0.25) is 4.79 Å². The van der Waals surface area contributed by atoms with E-state index in [4.69, 9.17) is 9.84 Å². The molecule has 2 aromatic carbocycles. The van der Waals surface area contributed by atoms with Gasteiger partial charge in [-0.1, -0.05) is 48.5 Å². The smallest absolute Gasteiger partial charge is 0.395 e. The number of ether oxygens (including phenoxy) is 1. The summed E-state index contributed by atoms with van der Waals surface area (Å²) in [5.41, 5.74) is 1.11. The van der Waals surface area contributed by atoms with Gasteiger partial charge < -0.3 is 15.2 Å². The summed E-state index contributed by atoms with van der Waals surface area (Å²) in [6.45, 7) is -0.231. The van der Waals surface area contributed by atoms with Gasteiger partial charge in [-0.2, -0.15) is 0 Å². The van der Waals surface area contributed by atoms with Crippen LogP contribution in [0.1, 0.15) is 10.4 Å². The predicted octanol–water partition coefficient (Wildman–Crippen LogP) is 1.95. The molecule has 0 unspecified atom stereocenters. The number of benzene rings is 2. The number of sulfonamides is 1. The Labute approximate surface area is 178 Å². The first-order chi connectivity index (χ1) is 14.9. The van der Waals surface area contributed by atoms with Crippen molar-refractivity contribution in [3.63, 3.8) is 0 Å². The van der Waals surface area contributed by atoms with Gasteiger partial charge in [0, 0.05) is 24.4 Å². The van der Waals surface area contributed by atoms with Crippen molar-refractivity contribution in [2.45, 2.75) is 4.90 Å². The van der Waals surface area contributed by atoms with Gasteiger partial charge in [0.05, 0.1) is 17.1 Å². The quantitative estimate of drug-likeness (QED) is 0.510. The molecular weight excluding hydrogens is 422 g/mol. The zero-order valence-corrected chi connectivity index (χ0v) is 17.0. The molecule has 31 heavy (non-hydrogen) atoms. The average Bonchev–Trinajstić information content (AvgIpc) is 2.78. The summed E-state index contributed by atoms with van der Waals surface area (Å²) in [6, 6.07) is 17.8. The molecule has 0 radical (unpaired) electrons. The lowest BCUT2D eigenvalue weighted by Crippen LogP contribution is -2.31. The van der Waals surface area contributed by atoms with E-state index in [0.717, 1.165) is 6.20 Å². The minimum atomic E-state index is -4.17. The maximum Gasteiger partial charge on any atom is 0.414 e. The Morgan fingerprint density at radius 1 is 0.968 bits per heavy atom. The van der Waals surface area contributed by atoms with E-state index in [-0.39, 0.29) is 29.5 Å². The van der Waals surface area contributed by atoms with Crippen molar-refractivity contribution < 1.29 is 27.9 Å². The van der Waals surface area contributed by atoms with E-state index in [1.165, 1.54) is 18.2 Å². The van der Waals surface area contributed by atoms with Gasteiger partial charge in [-0.05, 0) is 17.7 Å². The van der Waals surface area contributed by atoms with Crippen LogP contribution in [0.3, 0.4) is 0 Å². The molecule has 0 aliphatic carbocycles. The number of hydrogen-bond acceptors (Lipinski definition) is 7. The van der Waals surface area contributed by atoms with E-state index >= 15 is 0 Å². The lowest BCUT2D eigenvalue weighted by Gasteiger charge is -2.12. The number of amides is 2. The molecule has 0 atom stereocenters. The first kappa shape index (κ1) is 21.9. The fourth-order valence-corrected chi connectivity index (χ4v) is 3.86. The highest BCUT2D eigenvalue weighted by Gasteiger charge is 2.22. The number of nitrogens with zero attached hydrogens (tertiary/aromatic N) is 1. The second-order valence-corrected chi connectivity index (χ2v) is 7.87. The molecule has 3 rings (SSSR count). The van der Waals surface area contributed by atoms with Crippen molar-refractivity contribution in [3.8, 4) is 17.0 Å². The summed E-state index contributed by atoms with van der Waals surface area (Å²) >= 11 is 0. The summed E-state index contributed by atoms with van der Waals surface area (Å²) in [5, 5.41) is 10.9. The SMILES string of the molecule is O=C(NCCO)Oc1ccc(C(=O)NS(=O)(=O)c2ccccc2-c2ccccc2)cn1. The van der Waals surface area contributed by atoms with Crippen LogP contribution in [0.2, 0.25) is 0 Å².